The number of rotatable bonds is 6. The summed E-state index contributed by atoms with van der Waals surface area (Å²) < 4.78 is 18.8. The van der Waals surface area contributed by atoms with Gasteiger partial charge in [0.1, 0.15) is 23.7 Å². The Morgan fingerprint density at radius 2 is 2.17 bits per heavy atom. The summed E-state index contributed by atoms with van der Waals surface area (Å²) >= 11 is 0. The van der Waals surface area contributed by atoms with E-state index in [1.165, 1.54) is 0 Å². The molecule has 3 heterocycles. The lowest BCUT2D eigenvalue weighted by atomic mass is 9.90. The van der Waals surface area contributed by atoms with Crippen LogP contribution >= 0.6 is 0 Å². The minimum atomic E-state index is -0.668. The van der Waals surface area contributed by atoms with Gasteiger partial charge in [0.15, 0.2) is 0 Å². The van der Waals surface area contributed by atoms with Crippen LogP contribution in [0.3, 0.4) is 0 Å². The first-order valence-electron chi connectivity index (χ1n) is 9.64. The number of nitrogens with zero attached hydrogens (tertiary/aromatic N) is 2. The lowest BCUT2D eigenvalue weighted by Gasteiger charge is -2.36. The lowest BCUT2D eigenvalue weighted by molar-refractivity contribution is 0.0125. The number of fused-ring (bicyclic) bond motifs is 1. The van der Waals surface area contributed by atoms with Gasteiger partial charge in [0, 0.05) is 31.8 Å². The molecular weight excluding hydrogens is 374 g/mol. The van der Waals surface area contributed by atoms with E-state index in [-0.39, 0.29) is 12.5 Å². The second-order valence-electron chi connectivity index (χ2n) is 7.52. The fourth-order valence-corrected chi connectivity index (χ4v) is 3.66. The summed E-state index contributed by atoms with van der Waals surface area (Å²) in [4.78, 5) is 17.3. The molecule has 2 aromatic heterocycles. The molecule has 1 aromatic carbocycles. The van der Waals surface area contributed by atoms with Gasteiger partial charge in [-0.05, 0) is 38.0 Å². The van der Waals surface area contributed by atoms with Crippen molar-refractivity contribution >= 4 is 16.9 Å². The predicted molar refractivity (Wildman–Crippen MR) is 106 cm³/mol. The Kier molecular flexibility index (Phi) is 5.29. The van der Waals surface area contributed by atoms with Crippen molar-refractivity contribution in [2.75, 3.05) is 19.8 Å². The predicted octanol–water partition coefficient (Wildman–Crippen LogP) is 2.33. The molecule has 3 aromatic rings. The van der Waals surface area contributed by atoms with Crippen LogP contribution in [0.2, 0.25) is 0 Å². The Bertz CT molecular complexity index is 1020. The number of amides is 1. The molecule has 1 fully saturated rings. The third kappa shape index (κ3) is 3.99. The van der Waals surface area contributed by atoms with Crippen LogP contribution in [0, 0.1) is 6.92 Å². The van der Waals surface area contributed by atoms with Gasteiger partial charge in [0.05, 0.1) is 29.7 Å². The average molecular weight is 399 g/mol. The van der Waals surface area contributed by atoms with E-state index in [9.17, 15) is 9.90 Å². The minimum absolute atomic E-state index is 0.130. The molecule has 1 amide bonds. The highest BCUT2D eigenvalue weighted by Gasteiger charge is 2.35. The number of imidazole rings is 1. The van der Waals surface area contributed by atoms with Crippen molar-refractivity contribution in [3.63, 3.8) is 0 Å². The number of aryl methyl sites for hydroxylation is 2. The molecular formula is C21H25N3O5. The minimum Gasteiger partial charge on any atom is -0.487 e. The molecule has 0 unspecified atom stereocenters. The molecule has 154 valence electrons. The molecule has 0 spiro atoms. The second-order valence-corrected chi connectivity index (χ2v) is 7.52. The Morgan fingerprint density at radius 1 is 1.38 bits per heavy atom. The van der Waals surface area contributed by atoms with E-state index in [1.54, 1.807) is 25.4 Å². The summed E-state index contributed by atoms with van der Waals surface area (Å²) in [5, 5.41) is 13.6. The molecule has 0 bridgehead atoms. The zero-order chi connectivity index (χ0) is 20.4. The Labute approximate surface area is 168 Å². The maximum Gasteiger partial charge on any atom is 0.255 e. The number of aliphatic hydroxyl groups excluding tert-OH is 1. The zero-order valence-electron chi connectivity index (χ0n) is 16.6. The average Bonchev–Trinajstić information content (AvgIpc) is 3.28. The monoisotopic (exact) mass is 399 g/mol. The van der Waals surface area contributed by atoms with Crippen LogP contribution in [0.1, 0.15) is 34.7 Å². The van der Waals surface area contributed by atoms with Gasteiger partial charge in [-0.15, -0.1) is 0 Å². The number of aliphatic hydroxyl groups is 1. The molecule has 1 aliphatic heterocycles. The molecule has 2 N–H and O–H groups in total. The third-order valence-electron chi connectivity index (χ3n) is 5.34. The third-order valence-corrected chi connectivity index (χ3v) is 5.34. The van der Waals surface area contributed by atoms with Gasteiger partial charge >= 0.3 is 0 Å². The molecule has 0 radical (unpaired) electrons. The molecule has 29 heavy (non-hydrogen) atoms. The number of hydrogen-bond acceptors (Lipinski definition) is 6. The van der Waals surface area contributed by atoms with Crippen molar-refractivity contribution in [2.24, 2.45) is 7.05 Å². The number of carbonyl (C=O) groups is 1. The Morgan fingerprint density at radius 3 is 2.86 bits per heavy atom. The van der Waals surface area contributed by atoms with Crippen molar-refractivity contribution in [2.45, 2.75) is 31.9 Å². The van der Waals surface area contributed by atoms with Gasteiger partial charge in [-0.1, -0.05) is 0 Å². The van der Waals surface area contributed by atoms with Crippen LogP contribution in [-0.2, 0) is 18.4 Å². The Hall–Kier alpha value is -2.84. The summed E-state index contributed by atoms with van der Waals surface area (Å²) in [5.74, 6) is 0.888. The number of aromatic nitrogens is 2. The van der Waals surface area contributed by atoms with Crippen molar-refractivity contribution in [3.8, 4) is 5.75 Å². The first-order chi connectivity index (χ1) is 14.0. The normalized spacial score (nSPS) is 16.1. The van der Waals surface area contributed by atoms with Crippen molar-refractivity contribution in [1.29, 1.82) is 0 Å². The summed E-state index contributed by atoms with van der Waals surface area (Å²) in [7, 11) is 1.90. The first-order valence-corrected chi connectivity index (χ1v) is 9.64. The van der Waals surface area contributed by atoms with Gasteiger partial charge < -0.3 is 28.9 Å². The van der Waals surface area contributed by atoms with Crippen LogP contribution < -0.4 is 10.1 Å². The summed E-state index contributed by atoms with van der Waals surface area (Å²) in [6.45, 7) is 2.99. The Balaban J connectivity index is 1.58. The number of carbonyl (C=O) groups excluding carboxylic acids is 1. The summed E-state index contributed by atoms with van der Waals surface area (Å²) in [5.41, 5.74) is 1.22. The van der Waals surface area contributed by atoms with Crippen LogP contribution in [-0.4, -0.2) is 45.9 Å². The van der Waals surface area contributed by atoms with E-state index in [0.29, 0.717) is 60.7 Å². The van der Waals surface area contributed by atoms with Gasteiger partial charge in [0.25, 0.3) is 5.91 Å². The number of benzene rings is 1. The molecule has 0 aliphatic carbocycles. The molecule has 0 atom stereocenters. The topological polar surface area (TPSA) is 98.8 Å². The van der Waals surface area contributed by atoms with E-state index < -0.39 is 5.54 Å². The van der Waals surface area contributed by atoms with E-state index in [2.05, 4.69) is 10.3 Å². The highest BCUT2D eigenvalue weighted by atomic mass is 16.5. The van der Waals surface area contributed by atoms with E-state index >= 15 is 0 Å². The molecule has 1 aliphatic rings. The largest absolute Gasteiger partial charge is 0.487 e. The van der Waals surface area contributed by atoms with Crippen LogP contribution in [0.25, 0.3) is 11.0 Å². The molecule has 4 rings (SSSR count). The molecule has 8 nitrogen and oxygen atoms in total. The van der Waals surface area contributed by atoms with Crippen LogP contribution in [0.5, 0.6) is 5.75 Å². The quantitative estimate of drug-likeness (QED) is 0.660. The molecule has 0 saturated carbocycles. The smallest absolute Gasteiger partial charge is 0.255 e. The highest BCUT2D eigenvalue weighted by Crippen LogP contribution is 2.30. The fraction of sp³-hybridized carbons (Fsp3) is 0.429. The number of nitrogens with one attached hydrogen (secondary N) is 1. The number of hydrogen-bond donors (Lipinski definition) is 2. The summed E-state index contributed by atoms with van der Waals surface area (Å²) in [6.07, 6.45) is 4.75. The van der Waals surface area contributed by atoms with E-state index in [4.69, 9.17) is 13.9 Å². The van der Waals surface area contributed by atoms with E-state index in [1.807, 2.05) is 23.9 Å². The van der Waals surface area contributed by atoms with Crippen LogP contribution in [0.15, 0.2) is 35.1 Å². The van der Waals surface area contributed by atoms with Gasteiger partial charge in [0.2, 0.25) is 0 Å². The second kappa shape index (κ2) is 7.88. The maximum absolute atomic E-state index is 13.1. The number of ether oxygens (including phenoxy) is 2. The standard InChI is InChI=1S/C21H25N3O5/c1-14-19(20(26)23-21(12-25)5-7-27-8-6-21)17-9-16(3-4-18(17)29-14)28-11-15-10-24(2)13-22-15/h3-4,9-10,13,25H,5-8,11-12H2,1-2H3,(H,23,26). The van der Waals surface area contributed by atoms with Crippen molar-refractivity contribution < 1.29 is 23.8 Å². The van der Waals surface area contributed by atoms with Crippen molar-refractivity contribution in [1.82, 2.24) is 14.9 Å². The maximum atomic E-state index is 13.1. The molecule has 8 heteroatoms. The highest BCUT2D eigenvalue weighted by molar-refractivity contribution is 6.07. The SMILES string of the molecule is Cc1oc2ccc(OCc3cn(C)cn3)cc2c1C(=O)NC1(CO)CCOCC1. The lowest BCUT2D eigenvalue weighted by Crippen LogP contribution is -2.54. The molecule has 1 saturated heterocycles. The number of furan rings is 1. The first kappa shape index (κ1) is 19.5. The van der Waals surface area contributed by atoms with E-state index in [0.717, 1.165) is 5.69 Å². The van der Waals surface area contributed by atoms with Gasteiger partial charge in [-0.25, -0.2) is 4.98 Å². The fourth-order valence-electron chi connectivity index (χ4n) is 3.66. The summed E-state index contributed by atoms with van der Waals surface area (Å²) in [6, 6.07) is 5.41. The van der Waals surface area contributed by atoms with Gasteiger partial charge in [-0.3, -0.25) is 4.79 Å². The zero-order valence-corrected chi connectivity index (χ0v) is 16.6. The van der Waals surface area contributed by atoms with Gasteiger partial charge in [-0.2, -0.15) is 0 Å². The van der Waals surface area contributed by atoms with Crippen LogP contribution in [0.4, 0.5) is 0 Å². The van der Waals surface area contributed by atoms with Crippen molar-refractivity contribution in [3.05, 3.63) is 47.7 Å².